The average molecular weight is 282 g/mol. The largest absolute Gasteiger partial charge is 0.478 e. The predicted octanol–water partition coefficient (Wildman–Crippen LogP) is 1.92. The van der Waals surface area contributed by atoms with Crippen LogP contribution in [0.5, 0.6) is 0 Å². The summed E-state index contributed by atoms with van der Waals surface area (Å²) < 4.78 is 2.23. The van der Waals surface area contributed by atoms with Gasteiger partial charge >= 0.3 is 5.97 Å². The molecular formula is C10H8BrN3O2. The van der Waals surface area contributed by atoms with Gasteiger partial charge in [0, 0.05) is 11.9 Å². The van der Waals surface area contributed by atoms with Gasteiger partial charge in [-0.1, -0.05) is 0 Å². The van der Waals surface area contributed by atoms with Crippen LogP contribution in [0.25, 0.3) is 5.69 Å². The lowest BCUT2D eigenvalue weighted by molar-refractivity contribution is 0.0697. The Morgan fingerprint density at radius 3 is 2.81 bits per heavy atom. The monoisotopic (exact) mass is 281 g/mol. The Labute approximate surface area is 99.6 Å². The van der Waals surface area contributed by atoms with Gasteiger partial charge in [-0.15, -0.1) is 0 Å². The number of carbonyl (C=O) groups is 1. The fraction of sp³-hybridized carbons (Fsp3) is 0. The van der Waals surface area contributed by atoms with Gasteiger partial charge in [0.05, 0.1) is 21.9 Å². The zero-order valence-electron chi connectivity index (χ0n) is 8.09. The minimum absolute atomic E-state index is 0.157. The molecule has 16 heavy (non-hydrogen) atoms. The molecule has 0 unspecified atom stereocenters. The number of hydrogen-bond acceptors (Lipinski definition) is 3. The molecule has 5 nitrogen and oxygen atoms in total. The van der Waals surface area contributed by atoms with Crippen molar-refractivity contribution in [3.8, 4) is 5.69 Å². The maximum atomic E-state index is 11.0. The molecule has 1 aromatic heterocycles. The Hall–Kier alpha value is -1.82. The van der Waals surface area contributed by atoms with E-state index in [1.165, 1.54) is 10.7 Å². The number of anilines is 1. The summed E-state index contributed by atoms with van der Waals surface area (Å²) in [6.45, 7) is 0. The summed E-state index contributed by atoms with van der Waals surface area (Å²) >= 11 is 3.25. The summed E-state index contributed by atoms with van der Waals surface area (Å²) in [6.07, 6.45) is 3.25. The summed E-state index contributed by atoms with van der Waals surface area (Å²) in [5.41, 5.74) is 6.72. The van der Waals surface area contributed by atoms with Crippen LogP contribution in [-0.2, 0) is 0 Å². The highest BCUT2D eigenvalue weighted by Gasteiger charge is 2.12. The van der Waals surface area contributed by atoms with Crippen molar-refractivity contribution in [1.82, 2.24) is 9.78 Å². The predicted molar refractivity (Wildman–Crippen MR) is 62.6 cm³/mol. The molecule has 0 radical (unpaired) electrons. The lowest BCUT2D eigenvalue weighted by Gasteiger charge is -2.06. The van der Waals surface area contributed by atoms with Gasteiger partial charge < -0.3 is 10.8 Å². The number of nitrogens with zero attached hydrogens (tertiary/aromatic N) is 2. The Balaban J connectivity index is 2.62. The van der Waals surface area contributed by atoms with Crippen molar-refractivity contribution in [2.24, 2.45) is 0 Å². The van der Waals surface area contributed by atoms with Crippen molar-refractivity contribution >= 4 is 27.6 Å². The molecule has 1 aromatic carbocycles. The van der Waals surface area contributed by atoms with Crippen LogP contribution in [0.15, 0.2) is 35.1 Å². The number of hydrogen-bond donors (Lipinski definition) is 2. The van der Waals surface area contributed by atoms with Crippen LogP contribution in [0.4, 0.5) is 5.69 Å². The van der Waals surface area contributed by atoms with Crippen LogP contribution in [0.3, 0.4) is 0 Å². The first-order chi connectivity index (χ1) is 7.58. The highest BCUT2D eigenvalue weighted by atomic mass is 79.9. The van der Waals surface area contributed by atoms with Crippen LogP contribution in [0.2, 0.25) is 0 Å². The second-order valence-corrected chi connectivity index (χ2v) is 4.10. The lowest BCUT2D eigenvalue weighted by Crippen LogP contribution is -2.06. The number of aromatic carboxylic acids is 1. The van der Waals surface area contributed by atoms with Crippen LogP contribution in [0.1, 0.15) is 10.4 Å². The zero-order chi connectivity index (χ0) is 11.7. The molecule has 2 rings (SSSR count). The molecule has 0 amide bonds. The number of rotatable bonds is 2. The van der Waals surface area contributed by atoms with Gasteiger partial charge in [0.2, 0.25) is 0 Å². The molecule has 0 saturated heterocycles. The van der Waals surface area contributed by atoms with E-state index in [0.29, 0.717) is 11.4 Å². The van der Waals surface area contributed by atoms with Crippen molar-refractivity contribution in [3.63, 3.8) is 0 Å². The second kappa shape index (κ2) is 3.97. The van der Waals surface area contributed by atoms with Gasteiger partial charge in [-0.05, 0) is 34.1 Å². The maximum absolute atomic E-state index is 11.0. The van der Waals surface area contributed by atoms with Crippen LogP contribution < -0.4 is 5.73 Å². The van der Waals surface area contributed by atoms with E-state index in [9.17, 15) is 4.79 Å². The first-order valence-electron chi connectivity index (χ1n) is 4.41. The third kappa shape index (κ3) is 1.92. The maximum Gasteiger partial charge on any atom is 0.337 e. The molecule has 82 valence electrons. The third-order valence-electron chi connectivity index (χ3n) is 2.05. The van der Waals surface area contributed by atoms with E-state index in [-0.39, 0.29) is 5.56 Å². The Morgan fingerprint density at radius 2 is 2.25 bits per heavy atom. The molecule has 0 aliphatic carbocycles. The average Bonchev–Trinajstić information content (AvgIpc) is 2.64. The van der Waals surface area contributed by atoms with Crippen molar-refractivity contribution in [1.29, 1.82) is 0 Å². The molecule has 2 aromatic rings. The van der Waals surface area contributed by atoms with Gasteiger partial charge in [0.1, 0.15) is 0 Å². The molecule has 0 saturated carbocycles. The quantitative estimate of drug-likeness (QED) is 0.824. The fourth-order valence-corrected chi connectivity index (χ4v) is 1.64. The number of aromatic nitrogens is 2. The Kier molecular flexibility index (Phi) is 2.66. The first-order valence-corrected chi connectivity index (χ1v) is 5.20. The number of halogens is 1. The van der Waals surface area contributed by atoms with E-state index >= 15 is 0 Å². The topological polar surface area (TPSA) is 81.1 Å². The highest BCUT2D eigenvalue weighted by molar-refractivity contribution is 9.10. The van der Waals surface area contributed by atoms with Crippen LogP contribution >= 0.6 is 15.9 Å². The molecule has 0 fully saturated rings. The SMILES string of the molecule is Nc1ccc(C(=O)O)c(-n2cc(Br)cn2)c1. The second-order valence-electron chi connectivity index (χ2n) is 3.18. The molecule has 6 heteroatoms. The molecular weight excluding hydrogens is 274 g/mol. The summed E-state index contributed by atoms with van der Waals surface area (Å²) in [5, 5.41) is 13.1. The normalized spacial score (nSPS) is 10.3. The summed E-state index contributed by atoms with van der Waals surface area (Å²) in [5.74, 6) is -1.01. The van der Waals surface area contributed by atoms with Gasteiger partial charge in [-0.3, -0.25) is 0 Å². The van der Waals surface area contributed by atoms with Crippen LogP contribution in [-0.4, -0.2) is 20.9 Å². The number of benzene rings is 1. The lowest BCUT2D eigenvalue weighted by atomic mass is 10.1. The number of carboxylic acid groups (broad SMARTS) is 1. The minimum Gasteiger partial charge on any atom is -0.478 e. The van der Waals surface area contributed by atoms with Crippen LogP contribution in [0, 0.1) is 0 Å². The van der Waals surface area contributed by atoms with Crippen molar-refractivity contribution in [2.75, 3.05) is 5.73 Å². The van der Waals surface area contributed by atoms with E-state index in [1.807, 2.05) is 0 Å². The van der Waals surface area contributed by atoms with Gasteiger partial charge in [-0.2, -0.15) is 5.10 Å². The van der Waals surface area contributed by atoms with E-state index in [0.717, 1.165) is 4.47 Å². The molecule has 0 bridgehead atoms. The van der Waals surface area contributed by atoms with Gasteiger partial charge in [-0.25, -0.2) is 9.48 Å². The third-order valence-corrected chi connectivity index (χ3v) is 2.46. The number of nitrogen functional groups attached to an aromatic ring is 1. The van der Waals surface area contributed by atoms with Gasteiger partial charge in [0.15, 0.2) is 0 Å². The number of nitrogens with two attached hydrogens (primary N) is 1. The molecule has 0 aliphatic heterocycles. The molecule has 3 N–H and O–H groups in total. The standard InChI is InChI=1S/C10H8BrN3O2/c11-6-4-13-14(5-6)9-3-7(12)1-2-8(9)10(15)16/h1-5H,12H2,(H,15,16). The van der Waals surface area contributed by atoms with E-state index in [1.54, 1.807) is 24.5 Å². The summed E-state index contributed by atoms with van der Waals surface area (Å²) in [7, 11) is 0. The fourth-order valence-electron chi connectivity index (χ4n) is 1.35. The molecule has 1 heterocycles. The van der Waals surface area contributed by atoms with Crippen molar-refractivity contribution < 1.29 is 9.90 Å². The Bertz CT molecular complexity index is 551. The van der Waals surface area contributed by atoms with E-state index < -0.39 is 5.97 Å². The minimum atomic E-state index is -1.01. The highest BCUT2D eigenvalue weighted by Crippen LogP contribution is 2.19. The van der Waals surface area contributed by atoms with Gasteiger partial charge in [0.25, 0.3) is 0 Å². The first kappa shape index (κ1) is 10.7. The van der Waals surface area contributed by atoms with E-state index in [4.69, 9.17) is 10.8 Å². The van der Waals surface area contributed by atoms with E-state index in [2.05, 4.69) is 21.0 Å². The molecule has 0 spiro atoms. The van der Waals surface area contributed by atoms with Crippen molar-refractivity contribution in [2.45, 2.75) is 0 Å². The summed E-state index contributed by atoms with van der Waals surface area (Å²) in [6, 6.07) is 4.58. The molecule has 0 aliphatic rings. The van der Waals surface area contributed by atoms with Crippen molar-refractivity contribution in [3.05, 3.63) is 40.6 Å². The zero-order valence-corrected chi connectivity index (χ0v) is 9.68. The summed E-state index contributed by atoms with van der Waals surface area (Å²) in [4.78, 5) is 11.0. The Morgan fingerprint density at radius 1 is 1.50 bits per heavy atom. The number of carboxylic acids is 1. The smallest absolute Gasteiger partial charge is 0.337 e. The molecule has 0 atom stereocenters.